The SMILES string of the molecule is Cc1cc(C(=O)N2CCCC(CN(C)C(=O)OC(C)(C)C)C2)n(C)n1. The normalized spacial score (nSPS) is 18.2. The first-order chi connectivity index (χ1) is 11.6. The molecule has 140 valence electrons. The lowest BCUT2D eigenvalue weighted by Crippen LogP contribution is -2.45. The number of aromatic nitrogens is 2. The molecular formula is C18H30N4O3. The summed E-state index contributed by atoms with van der Waals surface area (Å²) >= 11 is 0. The molecule has 2 amide bonds. The van der Waals surface area contributed by atoms with Gasteiger partial charge in [0.1, 0.15) is 11.3 Å². The van der Waals surface area contributed by atoms with Crippen LogP contribution in [0, 0.1) is 12.8 Å². The lowest BCUT2D eigenvalue weighted by molar-refractivity contribution is 0.0244. The molecule has 0 saturated carbocycles. The molecule has 1 saturated heterocycles. The van der Waals surface area contributed by atoms with E-state index in [4.69, 9.17) is 4.74 Å². The maximum absolute atomic E-state index is 12.7. The van der Waals surface area contributed by atoms with Gasteiger partial charge in [-0.3, -0.25) is 9.48 Å². The summed E-state index contributed by atoms with van der Waals surface area (Å²) in [6, 6.07) is 1.82. The van der Waals surface area contributed by atoms with E-state index < -0.39 is 5.60 Å². The Balaban J connectivity index is 1.95. The smallest absolute Gasteiger partial charge is 0.410 e. The van der Waals surface area contributed by atoms with E-state index in [-0.39, 0.29) is 17.9 Å². The van der Waals surface area contributed by atoms with Crippen LogP contribution in [-0.4, -0.2) is 63.9 Å². The minimum absolute atomic E-state index is 0.00715. The molecule has 2 heterocycles. The van der Waals surface area contributed by atoms with E-state index >= 15 is 0 Å². The molecule has 0 aromatic carbocycles. The van der Waals surface area contributed by atoms with Gasteiger partial charge in [-0.2, -0.15) is 5.10 Å². The number of nitrogens with zero attached hydrogens (tertiary/aromatic N) is 4. The fraction of sp³-hybridized carbons (Fsp3) is 0.722. The van der Waals surface area contributed by atoms with E-state index in [0.717, 1.165) is 25.1 Å². The number of likely N-dealkylation sites (tertiary alicyclic amines) is 1. The zero-order valence-corrected chi connectivity index (χ0v) is 16.2. The minimum Gasteiger partial charge on any atom is -0.444 e. The highest BCUT2D eigenvalue weighted by Crippen LogP contribution is 2.20. The third-order valence-corrected chi connectivity index (χ3v) is 4.26. The van der Waals surface area contributed by atoms with Crippen LogP contribution in [0.4, 0.5) is 4.79 Å². The minimum atomic E-state index is -0.503. The maximum Gasteiger partial charge on any atom is 0.410 e. The summed E-state index contributed by atoms with van der Waals surface area (Å²) in [5.74, 6) is 0.261. The van der Waals surface area contributed by atoms with Crippen LogP contribution in [0.25, 0.3) is 0 Å². The van der Waals surface area contributed by atoms with Gasteiger partial charge >= 0.3 is 6.09 Å². The molecule has 7 heteroatoms. The number of rotatable bonds is 3. The van der Waals surface area contributed by atoms with E-state index in [2.05, 4.69) is 5.10 Å². The van der Waals surface area contributed by atoms with E-state index in [1.165, 1.54) is 0 Å². The number of carbonyl (C=O) groups excluding carboxylic acids is 2. The van der Waals surface area contributed by atoms with Gasteiger partial charge in [0.25, 0.3) is 5.91 Å². The molecule has 7 nitrogen and oxygen atoms in total. The second-order valence-electron chi connectivity index (χ2n) is 7.91. The Labute approximate surface area is 149 Å². The Hall–Kier alpha value is -2.05. The Bertz CT molecular complexity index is 633. The Morgan fingerprint density at radius 1 is 1.40 bits per heavy atom. The first-order valence-electron chi connectivity index (χ1n) is 8.81. The summed E-state index contributed by atoms with van der Waals surface area (Å²) in [4.78, 5) is 28.4. The maximum atomic E-state index is 12.7. The van der Waals surface area contributed by atoms with Crippen LogP contribution in [0.1, 0.15) is 49.8 Å². The van der Waals surface area contributed by atoms with Crippen molar-refractivity contribution in [3.8, 4) is 0 Å². The fourth-order valence-electron chi connectivity index (χ4n) is 3.17. The van der Waals surface area contributed by atoms with E-state index in [0.29, 0.717) is 18.8 Å². The van der Waals surface area contributed by atoms with Crippen LogP contribution in [0.2, 0.25) is 0 Å². The third-order valence-electron chi connectivity index (χ3n) is 4.26. The number of hydrogen-bond donors (Lipinski definition) is 0. The highest BCUT2D eigenvalue weighted by Gasteiger charge is 2.28. The average Bonchev–Trinajstić information content (AvgIpc) is 2.83. The zero-order chi connectivity index (χ0) is 18.8. The second kappa shape index (κ2) is 7.45. The van der Waals surface area contributed by atoms with Crippen molar-refractivity contribution < 1.29 is 14.3 Å². The summed E-state index contributed by atoms with van der Waals surface area (Å²) in [6.07, 6.45) is 1.62. The number of carbonyl (C=O) groups is 2. The summed E-state index contributed by atoms with van der Waals surface area (Å²) in [5.41, 5.74) is 0.944. The van der Waals surface area contributed by atoms with Gasteiger partial charge in [-0.25, -0.2) is 4.79 Å². The molecule has 1 fully saturated rings. The van der Waals surface area contributed by atoms with Gasteiger partial charge in [0.05, 0.1) is 5.69 Å². The molecule has 1 unspecified atom stereocenters. The highest BCUT2D eigenvalue weighted by molar-refractivity contribution is 5.92. The summed E-state index contributed by atoms with van der Waals surface area (Å²) in [6.45, 7) is 9.43. The molecule has 0 bridgehead atoms. The quantitative estimate of drug-likeness (QED) is 0.840. The predicted molar refractivity (Wildman–Crippen MR) is 95.4 cm³/mol. The van der Waals surface area contributed by atoms with Crippen LogP contribution in [-0.2, 0) is 11.8 Å². The summed E-state index contributed by atoms with van der Waals surface area (Å²) in [7, 11) is 3.54. The molecule has 2 rings (SSSR count). The van der Waals surface area contributed by atoms with Crippen LogP contribution in [0.3, 0.4) is 0 Å². The first kappa shape index (κ1) is 19.3. The van der Waals surface area contributed by atoms with Gasteiger partial charge in [-0.15, -0.1) is 0 Å². The van der Waals surface area contributed by atoms with Crippen molar-refractivity contribution in [1.82, 2.24) is 19.6 Å². The summed E-state index contributed by atoms with van der Waals surface area (Å²) < 4.78 is 7.03. The molecule has 1 atom stereocenters. The molecule has 1 aromatic rings. The number of hydrogen-bond acceptors (Lipinski definition) is 4. The van der Waals surface area contributed by atoms with Gasteiger partial charge in [0, 0.05) is 33.7 Å². The molecule has 25 heavy (non-hydrogen) atoms. The number of amides is 2. The Kier molecular flexibility index (Phi) is 5.75. The van der Waals surface area contributed by atoms with Crippen LogP contribution in [0.15, 0.2) is 6.07 Å². The predicted octanol–water partition coefficient (Wildman–Crippen LogP) is 2.45. The number of piperidine rings is 1. The van der Waals surface area contributed by atoms with Crippen molar-refractivity contribution in [2.45, 2.75) is 46.1 Å². The third kappa shape index (κ3) is 5.21. The van der Waals surface area contributed by atoms with Crippen molar-refractivity contribution in [2.24, 2.45) is 13.0 Å². The Morgan fingerprint density at radius 3 is 2.64 bits per heavy atom. The monoisotopic (exact) mass is 350 g/mol. The van der Waals surface area contributed by atoms with Crippen molar-refractivity contribution >= 4 is 12.0 Å². The van der Waals surface area contributed by atoms with Crippen molar-refractivity contribution in [3.63, 3.8) is 0 Å². The average molecular weight is 350 g/mol. The number of ether oxygens (including phenoxy) is 1. The standard InChI is InChI=1S/C18H30N4O3/c1-13-10-15(21(6)19-13)16(23)22-9-7-8-14(12-22)11-20(5)17(24)25-18(2,3)4/h10,14H,7-9,11-12H2,1-6H3. The van der Waals surface area contributed by atoms with Crippen LogP contribution >= 0.6 is 0 Å². The Morgan fingerprint density at radius 2 is 2.08 bits per heavy atom. The van der Waals surface area contributed by atoms with Gasteiger partial charge in [-0.05, 0) is 52.5 Å². The number of aryl methyl sites for hydroxylation is 2. The van der Waals surface area contributed by atoms with Crippen LogP contribution in [0.5, 0.6) is 0 Å². The molecule has 1 aliphatic heterocycles. The van der Waals surface area contributed by atoms with E-state index in [1.807, 2.05) is 38.7 Å². The second-order valence-corrected chi connectivity index (χ2v) is 7.91. The lowest BCUT2D eigenvalue weighted by atomic mass is 9.97. The van der Waals surface area contributed by atoms with Crippen molar-refractivity contribution in [1.29, 1.82) is 0 Å². The molecule has 1 aromatic heterocycles. The first-order valence-corrected chi connectivity index (χ1v) is 8.81. The topological polar surface area (TPSA) is 67.7 Å². The summed E-state index contributed by atoms with van der Waals surface area (Å²) in [5, 5.41) is 4.25. The lowest BCUT2D eigenvalue weighted by Gasteiger charge is -2.35. The van der Waals surface area contributed by atoms with Gasteiger partial charge < -0.3 is 14.5 Å². The highest BCUT2D eigenvalue weighted by atomic mass is 16.6. The van der Waals surface area contributed by atoms with E-state index in [9.17, 15) is 9.59 Å². The molecular weight excluding hydrogens is 320 g/mol. The van der Waals surface area contributed by atoms with Crippen molar-refractivity contribution in [2.75, 3.05) is 26.7 Å². The molecule has 0 aliphatic carbocycles. The molecule has 0 N–H and O–H groups in total. The van der Waals surface area contributed by atoms with Crippen molar-refractivity contribution in [3.05, 3.63) is 17.5 Å². The van der Waals surface area contributed by atoms with Gasteiger partial charge in [0.2, 0.25) is 0 Å². The van der Waals surface area contributed by atoms with Gasteiger partial charge in [0.15, 0.2) is 0 Å². The zero-order valence-electron chi connectivity index (χ0n) is 16.2. The molecule has 0 spiro atoms. The molecule has 0 radical (unpaired) electrons. The fourth-order valence-corrected chi connectivity index (χ4v) is 3.17. The largest absolute Gasteiger partial charge is 0.444 e. The van der Waals surface area contributed by atoms with Gasteiger partial charge in [-0.1, -0.05) is 0 Å². The van der Waals surface area contributed by atoms with Crippen LogP contribution < -0.4 is 0 Å². The molecule has 1 aliphatic rings. The van der Waals surface area contributed by atoms with E-state index in [1.54, 1.807) is 23.7 Å².